The third-order valence-electron chi connectivity index (χ3n) is 6.15. The van der Waals surface area contributed by atoms with E-state index in [4.69, 9.17) is 4.74 Å². The van der Waals surface area contributed by atoms with Crippen LogP contribution in [0.4, 0.5) is 0 Å². The van der Waals surface area contributed by atoms with E-state index < -0.39 is 5.97 Å². The minimum Gasteiger partial charge on any atom is -0.507 e. The summed E-state index contributed by atoms with van der Waals surface area (Å²) < 4.78 is 5.84. The van der Waals surface area contributed by atoms with Crippen molar-refractivity contribution in [2.75, 3.05) is 0 Å². The van der Waals surface area contributed by atoms with Crippen LogP contribution in [0.3, 0.4) is 0 Å². The van der Waals surface area contributed by atoms with E-state index >= 15 is 0 Å². The fraction of sp³-hybridized carbons (Fsp3) is 0.0968. The van der Waals surface area contributed by atoms with E-state index in [1.165, 1.54) is 0 Å². The molecule has 0 amide bonds. The number of Topliss-reactive ketones (excluding diaryl/α,β-unsaturated/α-hetero) is 1. The summed E-state index contributed by atoms with van der Waals surface area (Å²) in [4.78, 5) is 25.2. The molecule has 0 heterocycles. The first-order chi connectivity index (χ1) is 17.1. The van der Waals surface area contributed by atoms with Gasteiger partial charge in [0.15, 0.2) is 5.78 Å². The van der Waals surface area contributed by atoms with Gasteiger partial charge in [-0.05, 0) is 40.1 Å². The van der Waals surface area contributed by atoms with Crippen LogP contribution in [0, 0.1) is 0 Å². The first kappa shape index (κ1) is 22.4. The van der Waals surface area contributed by atoms with Gasteiger partial charge in [-0.2, -0.15) is 0 Å². The van der Waals surface area contributed by atoms with Crippen molar-refractivity contribution in [1.82, 2.24) is 0 Å². The molecule has 0 aromatic heterocycles. The SMILES string of the molecule is O=C(CCCC(=O)c1ccccc1)Oc1ccc2ccccc2c1-c1c(O)ccc2ccccc12. The molecule has 0 aliphatic carbocycles. The fourth-order valence-corrected chi connectivity index (χ4v) is 4.45. The van der Waals surface area contributed by atoms with E-state index in [0.29, 0.717) is 28.9 Å². The zero-order valence-corrected chi connectivity index (χ0v) is 19.1. The Kier molecular flexibility index (Phi) is 6.27. The Hall–Kier alpha value is -4.44. The van der Waals surface area contributed by atoms with Crippen LogP contribution in [0.5, 0.6) is 11.5 Å². The molecule has 0 unspecified atom stereocenters. The number of phenolic OH excluding ortho intramolecular Hbond substituents is 1. The van der Waals surface area contributed by atoms with Crippen LogP contribution in [0.15, 0.2) is 103 Å². The summed E-state index contributed by atoms with van der Waals surface area (Å²) in [6, 6.07) is 31.9. The van der Waals surface area contributed by atoms with Crippen molar-refractivity contribution in [1.29, 1.82) is 0 Å². The summed E-state index contributed by atoms with van der Waals surface area (Å²) in [5.74, 6) is 0.0909. The molecule has 4 heteroatoms. The van der Waals surface area contributed by atoms with Crippen LogP contribution in [0.2, 0.25) is 0 Å². The Morgan fingerprint density at radius 2 is 1.23 bits per heavy atom. The molecule has 5 aromatic rings. The first-order valence-corrected chi connectivity index (χ1v) is 11.6. The topological polar surface area (TPSA) is 63.6 Å². The van der Waals surface area contributed by atoms with Crippen molar-refractivity contribution in [3.8, 4) is 22.6 Å². The Bertz CT molecular complexity index is 1540. The largest absolute Gasteiger partial charge is 0.507 e. The lowest BCUT2D eigenvalue weighted by molar-refractivity contribution is -0.134. The van der Waals surface area contributed by atoms with Gasteiger partial charge in [-0.3, -0.25) is 9.59 Å². The van der Waals surface area contributed by atoms with Gasteiger partial charge in [-0.1, -0.05) is 91.0 Å². The van der Waals surface area contributed by atoms with E-state index in [1.807, 2.05) is 78.9 Å². The van der Waals surface area contributed by atoms with Crippen molar-refractivity contribution < 1.29 is 19.4 Å². The molecule has 0 saturated carbocycles. The van der Waals surface area contributed by atoms with Crippen LogP contribution in [-0.4, -0.2) is 16.9 Å². The molecule has 0 saturated heterocycles. The predicted molar refractivity (Wildman–Crippen MR) is 139 cm³/mol. The molecule has 0 aliphatic rings. The van der Waals surface area contributed by atoms with Gasteiger partial charge >= 0.3 is 5.97 Å². The maximum Gasteiger partial charge on any atom is 0.311 e. The molecular weight excluding hydrogens is 436 g/mol. The first-order valence-electron chi connectivity index (χ1n) is 11.6. The highest BCUT2D eigenvalue weighted by Gasteiger charge is 2.19. The molecule has 0 aliphatic heterocycles. The highest BCUT2D eigenvalue weighted by Crippen LogP contribution is 2.45. The highest BCUT2D eigenvalue weighted by atomic mass is 16.5. The molecule has 0 bridgehead atoms. The third kappa shape index (κ3) is 4.64. The smallest absolute Gasteiger partial charge is 0.311 e. The maximum absolute atomic E-state index is 12.8. The molecule has 0 spiro atoms. The van der Waals surface area contributed by atoms with E-state index in [9.17, 15) is 14.7 Å². The van der Waals surface area contributed by atoms with Crippen LogP contribution >= 0.6 is 0 Å². The zero-order valence-electron chi connectivity index (χ0n) is 19.1. The lowest BCUT2D eigenvalue weighted by Crippen LogP contribution is -2.10. The van der Waals surface area contributed by atoms with E-state index in [1.54, 1.807) is 24.3 Å². The van der Waals surface area contributed by atoms with Crippen molar-refractivity contribution in [2.24, 2.45) is 0 Å². The number of fused-ring (bicyclic) bond motifs is 2. The van der Waals surface area contributed by atoms with Gasteiger partial charge < -0.3 is 9.84 Å². The van der Waals surface area contributed by atoms with E-state index in [2.05, 4.69) is 0 Å². The van der Waals surface area contributed by atoms with E-state index in [-0.39, 0.29) is 24.4 Å². The van der Waals surface area contributed by atoms with Gasteiger partial charge in [0.2, 0.25) is 0 Å². The number of hydrogen-bond acceptors (Lipinski definition) is 4. The van der Waals surface area contributed by atoms with Gasteiger partial charge in [0.1, 0.15) is 11.5 Å². The predicted octanol–water partition coefficient (Wildman–Crippen LogP) is 7.32. The van der Waals surface area contributed by atoms with Gasteiger partial charge in [0.25, 0.3) is 0 Å². The second kappa shape index (κ2) is 9.82. The molecular formula is C31H24O4. The molecule has 1 N–H and O–H groups in total. The minimum absolute atomic E-state index is 0.00507. The summed E-state index contributed by atoms with van der Waals surface area (Å²) in [5.41, 5.74) is 1.94. The van der Waals surface area contributed by atoms with Gasteiger partial charge in [-0.25, -0.2) is 0 Å². The summed E-state index contributed by atoms with van der Waals surface area (Å²) >= 11 is 0. The molecule has 5 aromatic carbocycles. The number of aromatic hydroxyl groups is 1. The second-order valence-corrected chi connectivity index (χ2v) is 8.46. The van der Waals surface area contributed by atoms with Crippen LogP contribution in [0.1, 0.15) is 29.6 Å². The zero-order chi connectivity index (χ0) is 24.2. The van der Waals surface area contributed by atoms with Gasteiger partial charge in [-0.15, -0.1) is 0 Å². The summed E-state index contributed by atoms with van der Waals surface area (Å²) in [7, 11) is 0. The quantitative estimate of drug-likeness (QED) is 0.157. The van der Waals surface area contributed by atoms with Crippen molar-refractivity contribution in [2.45, 2.75) is 19.3 Å². The Morgan fingerprint density at radius 3 is 1.94 bits per heavy atom. The monoisotopic (exact) mass is 460 g/mol. The van der Waals surface area contributed by atoms with E-state index in [0.717, 1.165) is 21.5 Å². The minimum atomic E-state index is -0.415. The van der Waals surface area contributed by atoms with Crippen molar-refractivity contribution in [3.63, 3.8) is 0 Å². The number of hydrogen-bond donors (Lipinski definition) is 1. The standard InChI is InChI=1S/C31H24O4/c32-26(23-11-2-1-3-12-23)15-8-16-29(34)35-28-20-18-22-10-5-7-14-25(22)31(28)30-24-13-6-4-9-21(24)17-19-27(30)33/h1-7,9-14,17-20,33H,8,15-16H2. The molecule has 172 valence electrons. The number of ether oxygens (including phenoxy) is 1. The normalized spacial score (nSPS) is 11.0. The highest BCUT2D eigenvalue weighted by molar-refractivity contribution is 6.10. The van der Waals surface area contributed by atoms with Crippen LogP contribution < -0.4 is 4.74 Å². The fourth-order valence-electron chi connectivity index (χ4n) is 4.45. The Morgan fingerprint density at radius 1 is 0.629 bits per heavy atom. The lowest BCUT2D eigenvalue weighted by atomic mass is 9.92. The maximum atomic E-state index is 12.8. The molecule has 0 radical (unpaired) electrons. The number of rotatable bonds is 7. The van der Waals surface area contributed by atoms with Gasteiger partial charge in [0.05, 0.1) is 0 Å². The summed E-state index contributed by atoms with van der Waals surface area (Å²) in [6.45, 7) is 0. The number of esters is 1. The number of carbonyl (C=O) groups is 2. The number of phenols is 1. The Labute approximate surface area is 203 Å². The average molecular weight is 461 g/mol. The van der Waals surface area contributed by atoms with Crippen molar-refractivity contribution in [3.05, 3.63) is 109 Å². The van der Waals surface area contributed by atoms with Crippen LogP contribution in [-0.2, 0) is 4.79 Å². The summed E-state index contributed by atoms with van der Waals surface area (Å²) in [5, 5.41) is 14.6. The van der Waals surface area contributed by atoms with Crippen LogP contribution in [0.25, 0.3) is 32.7 Å². The second-order valence-electron chi connectivity index (χ2n) is 8.46. The molecule has 5 rings (SSSR count). The molecule has 4 nitrogen and oxygen atoms in total. The number of carbonyl (C=O) groups excluding carboxylic acids is 2. The third-order valence-corrected chi connectivity index (χ3v) is 6.15. The number of benzene rings is 5. The molecule has 0 atom stereocenters. The number of ketones is 1. The van der Waals surface area contributed by atoms with Crippen molar-refractivity contribution >= 4 is 33.3 Å². The summed E-state index contributed by atoms with van der Waals surface area (Å²) in [6.07, 6.45) is 0.787. The molecule has 0 fully saturated rings. The molecule has 35 heavy (non-hydrogen) atoms. The Balaban J connectivity index is 1.46. The lowest BCUT2D eigenvalue weighted by Gasteiger charge is -2.16. The average Bonchev–Trinajstić information content (AvgIpc) is 2.89. The van der Waals surface area contributed by atoms with Gasteiger partial charge in [0, 0.05) is 29.5 Å².